The van der Waals surface area contributed by atoms with Gasteiger partial charge in [0.1, 0.15) is 11.6 Å². The van der Waals surface area contributed by atoms with Crippen LogP contribution in [0.3, 0.4) is 0 Å². The number of carbonyl (C=O) groups excluding carboxylic acids is 1. The number of methoxy groups -OCH3 is 1. The van der Waals surface area contributed by atoms with Crippen LogP contribution in [0.5, 0.6) is 5.75 Å². The van der Waals surface area contributed by atoms with Crippen LogP contribution in [0.4, 0.5) is 5.82 Å². The van der Waals surface area contributed by atoms with Gasteiger partial charge < -0.3 is 15.0 Å². The monoisotopic (exact) mass is 382 g/mol. The molecular formula is C20H22N4O2S. The number of thioether (sulfide) groups is 1. The summed E-state index contributed by atoms with van der Waals surface area (Å²) in [6.07, 6.45) is 0. The van der Waals surface area contributed by atoms with Crippen LogP contribution in [0.1, 0.15) is 10.4 Å². The number of aromatic nitrogens is 2. The molecule has 1 N–H and O–H groups in total. The number of carbonyl (C=O) groups is 1. The summed E-state index contributed by atoms with van der Waals surface area (Å²) < 4.78 is 5.11. The van der Waals surface area contributed by atoms with Crippen molar-refractivity contribution >= 4 is 34.5 Å². The van der Waals surface area contributed by atoms with E-state index in [9.17, 15) is 4.79 Å². The third-order valence-corrected chi connectivity index (χ3v) is 4.82. The van der Waals surface area contributed by atoms with E-state index >= 15 is 0 Å². The molecule has 7 heteroatoms. The van der Waals surface area contributed by atoms with Crippen LogP contribution in [0.2, 0.25) is 0 Å². The standard InChI is InChI=1S/C20H22N4O2S/c1-24(2)12-13-27-18-11-7-14-6-10-17(21-19(14)23-18)22-20(25)15-4-8-16(26-3)9-5-15/h4-11H,12-13H2,1-3H3,(H,21,22,23,25). The van der Waals surface area contributed by atoms with E-state index in [0.717, 1.165) is 22.7 Å². The first-order chi connectivity index (χ1) is 13.0. The molecule has 27 heavy (non-hydrogen) atoms. The summed E-state index contributed by atoms with van der Waals surface area (Å²) in [7, 11) is 5.69. The molecule has 0 fully saturated rings. The largest absolute Gasteiger partial charge is 0.497 e. The number of benzene rings is 1. The minimum atomic E-state index is -0.221. The first kappa shape index (κ1) is 19.1. The van der Waals surface area contributed by atoms with E-state index in [4.69, 9.17) is 4.74 Å². The molecule has 0 aliphatic heterocycles. The van der Waals surface area contributed by atoms with Crippen LogP contribution in [-0.2, 0) is 0 Å². The van der Waals surface area contributed by atoms with Crippen molar-refractivity contribution in [1.29, 1.82) is 0 Å². The maximum atomic E-state index is 12.4. The smallest absolute Gasteiger partial charge is 0.256 e. The van der Waals surface area contributed by atoms with Gasteiger partial charge in [-0.3, -0.25) is 4.79 Å². The second-order valence-corrected chi connectivity index (χ2v) is 7.34. The number of hydrogen-bond acceptors (Lipinski definition) is 6. The van der Waals surface area contributed by atoms with Crippen LogP contribution in [0, 0.1) is 0 Å². The molecular weight excluding hydrogens is 360 g/mol. The number of nitrogens with zero attached hydrogens (tertiary/aromatic N) is 3. The fourth-order valence-electron chi connectivity index (χ4n) is 2.40. The maximum Gasteiger partial charge on any atom is 0.256 e. The number of amides is 1. The zero-order valence-electron chi connectivity index (χ0n) is 15.6. The predicted molar refractivity (Wildman–Crippen MR) is 110 cm³/mol. The SMILES string of the molecule is COc1ccc(C(=O)Nc2ccc3ccc(SCCN(C)C)nc3n2)cc1. The first-order valence-corrected chi connectivity index (χ1v) is 9.54. The molecule has 3 rings (SSSR count). The van der Waals surface area contributed by atoms with Crippen LogP contribution < -0.4 is 10.1 Å². The lowest BCUT2D eigenvalue weighted by Crippen LogP contribution is -2.14. The van der Waals surface area contributed by atoms with Gasteiger partial charge in [-0.15, -0.1) is 11.8 Å². The second-order valence-electron chi connectivity index (χ2n) is 6.23. The van der Waals surface area contributed by atoms with Crippen LogP contribution in [-0.4, -0.2) is 54.3 Å². The quantitative estimate of drug-likeness (QED) is 0.631. The van der Waals surface area contributed by atoms with E-state index in [0.29, 0.717) is 22.8 Å². The van der Waals surface area contributed by atoms with E-state index in [1.807, 2.05) is 32.3 Å². The summed E-state index contributed by atoms with van der Waals surface area (Å²) in [6.45, 7) is 0.982. The van der Waals surface area contributed by atoms with Gasteiger partial charge in [0.2, 0.25) is 0 Å². The predicted octanol–water partition coefficient (Wildman–Crippen LogP) is 3.54. The molecule has 0 unspecified atom stereocenters. The molecule has 0 spiro atoms. The Morgan fingerprint density at radius 1 is 1.07 bits per heavy atom. The van der Waals surface area contributed by atoms with Gasteiger partial charge in [0.25, 0.3) is 5.91 Å². The molecule has 0 atom stereocenters. The number of hydrogen-bond donors (Lipinski definition) is 1. The van der Waals surface area contributed by atoms with Crippen molar-refractivity contribution in [2.45, 2.75) is 5.03 Å². The van der Waals surface area contributed by atoms with Crippen molar-refractivity contribution in [3.8, 4) is 5.75 Å². The molecule has 0 aliphatic carbocycles. The summed E-state index contributed by atoms with van der Waals surface area (Å²) in [6, 6.07) is 14.6. The Morgan fingerprint density at radius 3 is 2.52 bits per heavy atom. The molecule has 0 aliphatic rings. The highest BCUT2D eigenvalue weighted by atomic mass is 32.2. The topological polar surface area (TPSA) is 67.3 Å². The lowest BCUT2D eigenvalue weighted by atomic mass is 10.2. The molecule has 1 amide bonds. The fraction of sp³-hybridized carbons (Fsp3) is 0.250. The second kappa shape index (κ2) is 8.83. The van der Waals surface area contributed by atoms with Gasteiger partial charge in [0, 0.05) is 23.2 Å². The molecule has 0 saturated heterocycles. The van der Waals surface area contributed by atoms with Gasteiger partial charge >= 0.3 is 0 Å². The normalized spacial score (nSPS) is 11.0. The summed E-state index contributed by atoms with van der Waals surface area (Å²) in [5.74, 6) is 1.92. The van der Waals surface area contributed by atoms with Gasteiger partial charge in [-0.1, -0.05) is 0 Å². The van der Waals surface area contributed by atoms with Crippen molar-refractivity contribution in [2.24, 2.45) is 0 Å². The average molecular weight is 382 g/mol. The van der Waals surface area contributed by atoms with Gasteiger partial charge in [-0.25, -0.2) is 9.97 Å². The highest BCUT2D eigenvalue weighted by molar-refractivity contribution is 7.99. The van der Waals surface area contributed by atoms with Crippen molar-refractivity contribution < 1.29 is 9.53 Å². The highest BCUT2D eigenvalue weighted by Gasteiger charge is 2.09. The minimum absolute atomic E-state index is 0.221. The van der Waals surface area contributed by atoms with E-state index in [-0.39, 0.29) is 5.91 Å². The van der Waals surface area contributed by atoms with Gasteiger partial charge in [-0.05, 0) is 62.6 Å². The number of anilines is 1. The highest BCUT2D eigenvalue weighted by Crippen LogP contribution is 2.21. The maximum absolute atomic E-state index is 12.4. The summed E-state index contributed by atoms with van der Waals surface area (Å²) in [4.78, 5) is 23.6. The number of fused-ring (bicyclic) bond motifs is 1. The van der Waals surface area contributed by atoms with Crippen molar-refractivity contribution in [3.05, 3.63) is 54.1 Å². The van der Waals surface area contributed by atoms with Crippen molar-refractivity contribution in [3.63, 3.8) is 0 Å². The molecule has 0 bridgehead atoms. The molecule has 0 radical (unpaired) electrons. The minimum Gasteiger partial charge on any atom is -0.497 e. The Labute approximate surface area is 163 Å². The Balaban J connectivity index is 1.73. The molecule has 0 saturated carbocycles. The van der Waals surface area contributed by atoms with Gasteiger partial charge in [-0.2, -0.15) is 0 Å². The van der Waals surface area contributed by atoms with Gasteiger partial charge in [0.05, 0.1) is 12.1 Å². The van der Waals surface area contributed by atoms with Crippen LogP contribution in [0.25, 0.3) is 11.0 Å². The van der Waals surface area contributed by atoms with Gasteiger partial charge in [0.15, 0.2) is 5.65 Å². The third kappa shape index (κ3) is 5.18. The lowest BCUT2D eigenvalue weighted by Gasteiger charge is -2.09. The Hall–Kier alpha value is -2.64. The lowest BCUT2D eigenvalue weighted by molar-refractivity contribution is 0.102. The number of ether oxygens (including phenoxy) is 1. The number of rotatable bonds is 7. The Kier molecular flexibility index (Phi) is 6.26. The number of nitrogens with one attached hydrogen (secondary N) is 1. The fourth-order valence-corrected chi connectivity index (χ4v) is 3.38. The van der Waals surface area contributed by atoms with E-state index in [1.54, 1.807) is 49.2 Å². The summed E-state index contributed by atoms with van der Waals surface area (Å²) >= 11 is 1.69. The summed E-state index contributed by atoms with van der Waals surface area (Å²) in [5.41, 5.74) is 1.16. The third-order valence-electron chi connectivity index (χ3n) is 3.91. The molecule has 6 nitrogen and oxygen atoms in total. The molecule has 1 aromatic carbocycles. The molecule has 2 heterocycles. The Morgan fingerprint density at radius 2 is 1.81 bits per heavy atom. The first-order valence-electron chi connectivity index (χ1n) is 8.56. The van der Waals surface area contributed by atoms with E-state index in [2.05, 4.69) is 20.2 Å². The number of pyridine rings is 2. The van der Waals surface area contributed by atoms with Crippen molar-refractivity contribution in [1.82, 2.24) is 14.9 Å². The van der Waals surface area contributed by atoms with Crippen molar-refractivity contribution in [2.75, 3.05) is 38.8 Å². The van der Waals surface area contributed by atoms with E-state index < -0.39 is 0 Å². The molecule has 2 aromatic heterocycles. The Bertz CT molecular complexity index is 929. The van der Waals surface area contributed by atoms with Crippen LogP contribution in [0.15, 0.2) is 53.6 Å². The van der Waals surface area contributed by atoms with Crippen LogP contribution >= 0.6 is 11.8 Å². The molecule has 140 valence electrons. The zero-order chi connectivity index (χ0) is 19.2. The summed E-state index contributed by atoms with van der Waals surface area (Å²) in [5, 5.41) is 4.69. The zero-order valence-corrected chi connectivity index (χ0v) is 16.4. The molecule has 3 aromatic rings. The average Bonchev–Trinajstić information content (AvgIpc) is 2.67. The van der Waals surface area contributed by atoms with E-state index in [1.165, 1.54) is 0 Å².